The third kappa shape index (κ3) is 3.79. The summed E-state index contributed by atoms with van der Waals surface area (Å²) in [5.74, 6) is 0.848. The van der Waals surface area contributed by atoms with E-state index in [1.54, 1.807) is 6.20 Å². The molecular formula is C19H25N5O. The van der Waals surface area contributed by atoms with Crippen molar-refractivity contribution in [3.8, 4) is 0 Å². The number of hydrogen-bond donors (Lipinski definition) is 1. The van der Waals surface area contributed by atoms with Crippen molar-refractivity contribution >= 4 is 11.7 Å². The minimum atomic E-state index is -0.0842. The highest BCUT2D eigenvalue weighted by molar-refractivity contribution is 5.98. The van der Waals surface area contributed by atoms with Gasteiger partial charge in [0.05, 0.1) is 17.8 Å². The molecule has 2 aromatic rings. The molecule has 0 saturated carbocycles. The molecule has 1 N–H and O–H groups in total. The Morgan fingerprint density at radius 3 is 2.76 bits per heavy atom. The smallest absolute Gasteiger partial charge is 0.256 e. The first-order chi connectivity index (χ1) is 11.9. The number of amides is 1. The fourth-order valence-electron chi connectivity index (χ4n) is 2.77. The molecule has 1 aliphatic rings. The average Bonchev–Trinajstić information content (AvgIpc) is 2.88. The third-order valence-corrected chi connectivity index (χ3v) is 4.82. The Hall–Kier alpha value is -2.47. The molecule has 0 radical (unpaired) electrons. The number of pyridine rings is 2. The molecule has 3 rings (SSSR count). The van der Waals surface area contributed by atoms with E-state index in [1.165, 1.54) is 0 Å². The molecule has 0 bridgehead atoms. The molecule has 0 fully saturated rings. The van der Waals surface area contributed by atoms with Crippen LogP contribution < -0.4 is 5.32 Å². The lowest BCUT2D eigenvalue weighted by atomic mass is 10.0. The Labute approximate surface area is 148 Å². The lowest BCUT2D eigenvalue weighted by molar-refractivity contribution is 0.0650. The van der Waals surface area contributed by atoms with Crippen molar-refractivity contribution < 1.29 is 4.79 Å². The normalized spacial score (nSPS) is 14.1. The van der Waals surface area contributed by atoms with Crippen LogP contribution in [0.25, 0.3) is 0 Å². The first-order valence-electron chi connectivity index (χ1n) is 8.46. The fraction of sp³-hybridized carbons (Fsp3) is 0.421. The Morgan fingerprint density at radius 1 is 1.28 bits per heavy atom. The fourth-order valence-corrected chi connectivity index (χ4v) is 2.77. The van der Waals surface area contributed by atoms with Crippen molar-refractivity contribution in [2.45, 2.75) is 32.5 Å². The molecule has 0 spiro atoms. The van der Waals surface area contributed by atoms with Crippen molar-refractivity contribution in [3.63, 3.8) is 0 Å². The highest BCUT2D eigenvalue weighted by Crippen LogP contribution is 2.25. The molecule has 1 amide bonds. The quantitative estimate of drug-likeness (QED) is 0.875. The van der Waals surface area contributed by atoms with Crippen molar-refractivity contribution in [2.24, 2.45) is 0 Å². The van der Waals surface area contributed by atoms with Gasteiger partial charge in [-0.1, -0.05) is 6.07 Å². The van der Waals surface area contributed by atoms with Gasteiger partial charge in [0.15, 0.2) is 0 Å². The molecule has 25 heavy (non-hydrogen) atoms. The summed E-state index contributed by atoms with van der Waals surface area (Å²) < 4.78 is 0. The summed E-state index contributed by atoms with van der Waals surface area (Å²) in [5, 5.41) is 3.30. The molecule has 0 saturated heterocycles. The van der Waals surface area contributed by atoms with Gasteiger partial charge in [0.1, 0.15) is 5.82 Å². The van der Waals surface area contributed by atoms with E-state index in [0.29, 0.717) is 25.2 Å². The lowest BCUT2D eigenvalue weighted by Crippen LogP contribution is -2.48. The summed E-state index contributed by atoms with van der Waals surface area (Å²) in [6.07, 6.45) is 3.58. The van der Waals surface area contributed by atoms with Gasteiger partial charge in [-0.3, -0.25) is 9.78 Å². The molecular weight excluding hydrogens is 314 g/mol. The van der Waals surface area contributed by atoms with Crippen molar-refractivity contribution in [3.05, 3.63) is 53.5 Å². The monoisotopic (exact) mass is 339 g/mol. The van der Waals surface area contributed by atoms with Crippen molar-refractivity contribution in [1.82, 2.24) is 19.8 Å². The number of aromatic nitrogens is 2. The van der Waals surface area contributed by atoms with Gasteiger partial charge in [0.2, 0.25) is 0 Å². The second kappa shape index (κ2) is 6.80. The molecule has 2 aromatic heterocycles. The van der Waals surface area contributed by atoms with E-state index in [-0.39, 0.29) is 11.4 Å². The van der Waals surface area contributed by atoms with Crippen LogP contribution in [0.4, 0.5) is 5.82 Å². The highest BCUT2D eigenvalue weighted by atomic mass is 16.2. The van der Waals surface area contributed by atoms with E-state index >= 15 is 0 Å². The minimum Gasteiger partial charge on any atom is -0.366 e. The van der Waals surface area contributed by atoms with Crippen LogP contribution in [0.1, 0.15) is 35.5 Å². The van der Waals surface area contributed by atoms with Crippen LogP contribution in [0, 0.1) is 0 Å². The van der Waals surface area contributed by atoms with Crippen LogP contribution in [0.15, 0.2) is 36.7 Å². The zero-order valence-electron chi connectivity index (χ0n) is 15.3. The maximum atomic E-state index is 12.6. The van der Waals surface area contributed by atoms with Gasteiger partial charge in [-0.05, 0) is 51.7 Å². The second-order valence-corrected chi connectivity index (χ2v) is 7.27. The standard InChI is InChI=1S/C19H25N5O/c1-19(2,23(3)4)13-24-12-16-15(18(24)25)7-8-17(22-16)21-11-14-6-5-9-20-10-14/h5-10H,11-13H2,1-4H3,(H,21,22). The SMILES string of the molecule is CN(C)C(C)(C)CN1Cc2nc(NCc3cccnc3)ccc2C1=O. The van der Waals surface area contributed by atoms with Crippen LogP contribution in [0.2, 0.25) is 0 Å². The summed E-state index contributed by atoms with van der Waals surface area (Å²) in [4.78, 5) is 25.4. The number of fused-ring (bicyclic) bond motifs is 1. The van der Waals surface area contributed by atoms with Crippen LogP contribution in [-0.2, 0) is 13.1 Å². The van der Waals surface area contributed by atoms with E-state index in [2.05, 4.69) is 34.0 Å². The molecule has 132 valence electrons. The molecule has 6 nitrogen and oxygen atoms in total. The van der Waals surface area contributed by atoms with Crippen molar-refractivity contribution in [1.29, 1.82) is 0 Å². The van der Waals surface area contributed by atoms with Crippen molar-refractivity contribution in [2.75, 3.05) is 26.0 Å². The minimum absolute atomic E-state index is 0.0660. The number of nitrogens with one attached hydrogen (secondary N) is 1. The number of carbonyl (C=O) groups is 1. The van der Waals surface area contributed by atoms with E-state index in [1.807, 2.05) is 49.5 Å². The molecule has 1 aliphatic heterocycles. The van der Waals surface area contributed by atoms with E-state index < -0.39 is 0 Å². The number of nitrogens with zero attached hydrogens (tertiary/aromatic N) is 4. The molecule has 0 aliphatic carbocycles. The maximum absolute atomic E-state index is 12.6. The summed E-state index contributed by atoms with van der Waals surface area (Å²) in [5.41, 5.74) is 2.56. The lowest BCUT2D eigenvalue weighted by Gasteiger charge is -2.36. The van der Waals surface area contributed by atoms with Gasteiger partial charge in [0, 0.05) is 31.0 Å². The number of hydrogen-bond acceptors (Lipinski definition) is 5. The Morgan fingerprint density at radius 2 is 2.08 bits per heavy atom. The van der Waals surface area contributed by atoms with Crippen LogP contribution in [0.3, 0.4) is 0 Å². The number of rotatable bonds is 6. The zero-order chi connectivity index (χ0) is 18.0. The number of anilines is 1. The maximum Gasteiger partial charge on any atom is 0.256 e. The molecule has 0 aromatic carbocycles. The molecule has 0 unspecified atom stereocenters. The summed E-state index contributed by atoms with van der Waals surface area (Å²) >= 11 is 0. The predicted molar refractivity (Wildman–Crippen MR) is 98.3 cm³/mol. The van der Waals surface area contributed by atoms with Gasteiger partial charge in [0.25, 0.3) is 5.91 Å². The summed E-state index contributed by atoms with van der Waals surface area (Å²) in [7, 11) is 4.07. The average molecular weight is 339 g/mol. The Bertz CT molecular complexity index is 758. The van der Waals surface area contributed by atoms with Gasteiger partial charge >= 0.3 is 0 Å². The van der Waals surface area contributed by atoms with Gasteiger partial charge in [-0.15, -0.1) is 0 Å². The highest BCUT2D eigenvalue weighted by Gasteiger charge is 2.33. The van der Waals surface area contributed by atoms with Gasteiger partial charge < -0.3 is 15.1 Å². The topological polar surface area (TPSA) is 61.4 Å². The van der Waals surface area contributed by atoms with Crippen LogP contribution in [0.5, 0.6) is 0 Å². The van der Waals surface area contributed by atoms with Crippen LogP contribution in [-0.4, -0.2) is 51.9 Å². The Balaban J connectivity index is 1.69. The summed E-state index contributed by atoms with van der Waals surface area (Å²) in [6, 6.07) is 7.67. The predicted octanol–water partition coefficient (Wildman–Crippen LogP) is 2.38. The van der Waals surface area contributed by atoms with Crippen LogP contribution >= 0.6 is 0 Å². The first kappa shape index (κ1) is 17.4. The largest absolute Gasteiger partial charge is 0.366 e. The number of likely N-dealkylation sites (N-methyl/N-ethyl adjacent to an activating group) is 1. The molecule has 3 heterocycles. The van der Waals surface area contributed by atoms with E-state index in [9.17, 15) is 4.79 Å². The van der Waals surface area contributed by atoms with Gasteiger partial charge in [-0.25, -0.2) is 4.98 Å². The van der Waals surface area contributed by atoms with E-state index in [0.717, 1.165) is 17.1 Å². The summed E-state index contributed by atoms with van der Waals surface area (Å²) in [6.45, 7) is 6.17. The molecule has 6 heteroatoms. The zero-order valence-corrected chi connectivity index (χ0v) is 15.3. The first-order valence-corrected chi connectivity index (χ1v) is 8.46. The molecule has 0 atom stereocenters. The van der Waals surface area contributed by atoms with E-state index in [4.69, 9.17) is 0 Å². The Kier molecular flexibility index (Phi) is 4.72. The second-order valence-electron chi connectivity index (χ2n) is 7.27. The third-order valence-electron chi connectivity index (χ3n) is 4.82. The number of carbonyl (C=O) groups excluding carboxylic acids is 1. The van der Waals surface area contributed by atoms with Gasteiger partial charge in [-0.2, -0.15) is 0 Å².